The number of halogens is 2. The molecule has 1 amide bonds. The Morgan fingerprint density at radius 2 is 1.50 bits per heavy atom. The van der Waals surface area contributed by atoms with Gasteiger partial charge in [0.15, 0.2) is 0 Å². The van der Waals surface area contributed by atoms with E-state index in [1.165, 1.54) is 0 Å². The van der Waals surface area contributed by atoms with Gasteiger partial charge in [-0.15, -0.1) is 0 Å². The second-order valence-corrected chi connectivity index (χ2v) is 9.82. The van der Waals surface area contributed by atoms with Crippen LogP contribution < -0.4 is 9.80 Å². The van der Waals surface area contributed by atoms with Gasteiger partial charge in [-0.05, 0) is 41.3 Å². The molecule has 0 aliphatic carbocycles. The van der Waals surface area contributed by atoms with Crippen molar-refractivity contribution in [1.82, 2.24) is 0 Å². The van der Waals surface area contributed by atoms with E-state index in [9.17, 15) is 9.90 Å². The quantitative estimate of drug-likeness (QED) is 0.440. The van der Waals surface area contributed by atoms with Crippen LogP contribution in [0.5, 0.6) is 5.75 Å². The highest BCUT2D eigenvalue weighted by Gasteiger charge is 2.26. The molecule has 0 aromatic heterocycles. The Morgan fingerprint density at radius 3 is 2.03 bits per heavy atom. The molecule has 0 atom stereocenters. The van der Waals surface area contributed by atoms with Crippen LogP contribution in [0.1, 0.15) is 42.3 Å². The van der Waals surface area contributed by atoms with Gasteiger partial charge < -0.3 is 14.9 Å². The molecule has 0 saturated carbocycles. The minimum Gasteiger partial charge on any atom is -0.508 e. The predicted octanol–water partition coefficient (Wildman–Crippen LogP) is 6.91. The molecule has 0 radical (unpaired) electrons. The van der Waals surface area contributed by atoms with Gasteiger partial charge in [-0.2, -0.15) is 0 Å². The summed E-state index contributed by atoms with van der Waals surface area (Å²) >= 11 is 13.1. The van der Waals surface area contributed by atoms with E-state index < -0.39 is 0 Å². The van der Waals surface area contributed by atoms with Gasteiger partial charge in [0, 0.05) is 31.0 Å². The van der Waals surface area contributed by atoms with E-state index in [0.717, 1.165) is 16.8 Å². The molecule has 4 nitrogen and oxygen atoms in total. The number of hydrogen-bond donors (Lipinski definition) is 1. The molecule has 168 valence electrons. The smallest absolute Gasteiger partial charge is 0.261 e. The van der Waals surface area contributed by atoms with Crippen molar-refractivity contribution in [2.75, 3.05) is 23.9 Å². The van der Waals surface area contributed by atoms with Crippen molar-refractivity contribution in [3.05, 3.63) is 87.4 Å². The summed E-state index contributed by atoms with van der Waals surface area (Å²) < 4.78 is 0. The lowest BCUT2D eigenvalue weighted by Gasteiger charge is -2.28. The van der Waals surface area contributed by atoms with Crippen molar-refractivity contribution >= 4 is 40.5 Å². The molecule has 0 bridgehead atoms. The van der Waals surface area contributed by atoms with Crippen LogP contribution in [0, 0.1) is 0 Å². The first-order valence-corrected chi connectivity index (χ1v) is 11.1. The van der Waals surface area contributed by atoms with Crippen LogP contribution in [0.4, 0.5) is 11.4 Å². The van der Waals surface area contributed by atoms with Crippen LogP contribution in [-0.4, -0.2) is 25.1 Å². The van der Waals surface area contributed by atoms with Crippen LogP contribution >= 0.6 is 23.2 Å². The first-order valence-electron chi connectivity index (χ1n) is 10.3. The molecule has 32 heavy (non-hydrogen) atoms. The van der Waals surface area contributed by atoms with Crippen LogP contribution in [0.15, 0.2) is 60.7 Å². The third-order valence-electron chi connectivity index (χ3n) is 5.29. The van der Waals surface area contributed by atoms with Gasteiger partial charge in [0.1, 0.15) is 5.75 Å². The lowest BCUT2D eigenvalue weighted by atomic mass is 9.86. The molecular weight excluding hydrogens is 443 g/mol. The summed E-state index contributed by atoms with van der Waals surface area (Å²) in [5.41, 5.74) is 3.13. The zero-order valence-corrected chi connectivity index (χ0v) is 20.5. The molecule has 0 heterocycles. The summed E-state index contributed by atoms with van der Waals surface area (Å²) in [5.74, 6) is -0.112. The molecule has 0 saturated heterocycles. The van der Waals surface area contributed by atoms with Gasteiger partial charge in [-0.1, -0.05) is 74.3 Å². The average molecular weight is 471 g/mol. The van der Waals surface area contributed by atoms with Crippen LogP contribution in [0.3, 0.4) is 0 Å². The van der Waals surface area contributed by atoms with Gasteiger partial charge in [-0.25, -0.2) is 0 Å². The van der Waals surface area contributed by atoms with Crippen molar-refractivity contribution in [2.24, 2.45) is 0 Å². The standard InChI is InChI=1S/C26H28Cl2N2O2/c1-26(2,3)20-13-18(11-12-23(20)31)30(16-17-9-7-6-8-10-17)25(32)24-21(27)14-19(29(4)5)15-22(24)28/h6-15,31H,16H2,1-5H3. The van der Waals surface area contributed by atoms with Gasteiger partial charge in [0.05, 0.1) is 22.2 Å². The molecule has 0 aliphatic rings. The summed E-state index contributed by atoms with van der Waals surface area (Å²) in [5, 5.41) is 11.0. The topological polar surface area (TPSA) is 43.8 Å². The summed E-state index contributed by atoms with van der Waals surface area (Å²) in [6, 6.07) is 18.4. The van der Waals surface area contributed by atoms with E-state index in [4.69, 9.17) is 23.2 Å². The van der Waals surface area contributed by atoms with E-state index in [1.54, 1.807) is 29.2 Å². The Kier molecular flexibility index (Phi) is 7.06. The lowest BCUT2D eigenvalue weighted by molar-refractivity contribution is 0.0985. The normalized spacial score (nSPS) is 11.3. The van der Waals surface area contributed by atoms with E-state index in [-0.39, 0.29) is 22.6 Å². The number of carbonyl (C=O) groups excluding carboxylic acids is 1. The fourth-order valence-electron chi connectivity index (χ4n) is 3.50. The monoisotopic (exact) mass is 470 g/mol. The van der Waals surface area contributed by atoms with Gasteiger partial charge in [-0.3, -0.25) is 4.79 Å². The van der Waals surface area contributed by atoms with Gasteiger partial charge in [0.25, 0.3) is 5.91 Å². The molecule has 3 aromatic carbocycles. The van der Waals surface area contributed by atoms with Crippen molar-refractivity contribution in [2.45, 2.75) is 32.7 Å². The highest BCUT2D eigenvalue weighted by atomic mass is 35.5. The van der Waals surface area contributed by atoms with E-state index in [2.05, 4.69) is 0 Å². The second-order valence-electron chi connectivity index (χ2n) is 9.01. The number of phenolic OH excluding ortho intramolecular Hbond substituents is 1. The third kappa shape index (κ3) is 5.20. The first kappa shape index (κ1) is 24.0. The third-order valence-corrected chi connectivity index (χ3v) is 5.88. The number of nitrogens with zero attached hydrogens (tertiary/aromatic N) is 2. The molecule has 0 spiro atoms. The van der Waals surface area contributed by atoms with E-state index in [1.807, 2.05) is 76.2 Å². The molecule has 0 aliphatic heterocycles. The van der Waals surface area contributed by atoms with Crippen LogP contribution in [-0.2, 0) is 12.0 Å². The summed E-state index contributed by atoms with van der Waals surface area (Å²) in [6.45, 7) is 6.38. The maximum absolute atomic E-state index is 13.8. The van der Waals surface area contributed by atoms with Crippen LogP contribution in [0.2, 0.25) is 10.0 Å². The number of amides is 1. The Hall–Kier alpha value is -2.69. The highest BCUT2D eigenvalue weighted by molar-refractivity contribution is 6.41. The number of carbonyl (C=O) groups is 1. The maximum atomic E-state index is 13.8. The minimum atomic E-state index is -0.306. The van der Waals surface area contributed by atoms with Crippen molar-refractivity contribution < 1.29 is 9.90 Å². The fraction of sp³-hybridized carbons (Fsp3) is 0.269. The van der Waals surface area contributed by atoms with Crippen molar-refractivity contribution in [3.63, 3.8) is 0 Å². The molecule has 3 rings (SSSR count). The van der Waals surface area contributed by atoms with Crippen LogP contribution in [0.25, 0.3) is 0 Å². The molecule has 0 fully saturated rings. The number of hydrogen-bond acceptors (Lipinski definition) is 3. The Labute approximate surface area is 200 Å². The van der Waals surface area contributed by atoms with E-state index in [0.29, 0.717) is 22.3 Å². The molecular formula is C26H28Cl2N2O2. The molecule has 6 heteroatoms. The number of anilines is 2. The summed E-state index contributed by atoms with van der Waals surface area (Å²) in [4.78, 5) is 17.3. The van der Waals surface area contributed by atoms with Crippen molar-refractivity contribution in [3.8, 4) is 5.75 Å². The SMILES string of the molecule is CN(C)c1cc(Cl)c(C(=O)N(Cc2ccccc2)c2ccc(O)c(C(C)(C)C)c2)c(Cl)c1. The fourth-order valence-corrected chi connectivity index (χ4v) is 4.13. The highest BCUT2D eigenvalue weighted by Crippen LogP contribution is 2.37. The average Bonchev–Trinajstić information content (AvgIpc) is 2.71. The Bertz CT molecular complexity index is 1100. The largest absolute Gasteiger partial charge is 0.508 e. The zero-order valence-electron chi connectivity index (χ0n) is 19.0. The minimum absolute atomic E-state index is 0.194. The van der Waals surface area contributed by atoms with E-state index >= 15 is 0 Å². The summed E-state index contributed by atoms with van der Waals surface area (Å²) in [6.07, 6.45) is 0. The number of rotatable bonds is 5. The van der Waals surface area contributed by atoms with Gasteiger partial charge in [0.2, 0.25) is 0 Å². The number of phenols is 1. The molecule has 1 N–H and O–H groups in total. The molecule has 3 aromatic rings. The maximum Gasteiger partial charge on any atom is 0.261 e. The summed E-state index contributed by atoms with van der Waals surface area (Å²) in [7, 11) is 3.77. The molecule has 0 unspecified atom stereocenters. The zero-order chi connectivity index (χ0) is 23.6. The first-order chi connectivity index (χ1) is 15.0. The Morgan fingerprint density at radius 1 is 0.906 bits per heavy atom. The van der Waals surface area contributed by atoms with Gasteiger partial charge >= 0.3 is 0 Å². The number of aromatic hydroxyl groups is 1. The predicted molar refractivity (Wildman–Crippen MR) is 135 cm³/mol. The second kappa shape index (κ2) is 9.43. The van der Waals surface area contributed by atoms with Crippen molar-refractivity contribution in [1.29, 1.82) is 0 Å². The number of benzene rings is 3. The Balaban J connectivity index is 2.14. The lowest BCUT2D eigenvalue weighted by Crippen LogP contribution is -2.31.